The van der Waals surface area contributed by atoms with Gasteiger partial charge in [-0.15, -0.1) is 11.8 Å². The summed E-state index contributed by atoms with van der Waals surface area (Å²) < 4.78 is 25.0. The van der Waals surface area contributed by atoms with E-state index in [-0.39, 0.29) is 11.3 Å². The Labute approximate surface area is 90.3 Å². The van der Waals surface area contributed by atoms with Gasteiger partial charge in [0, 0.05) is 11.8 Å². The molecule has 0 amide bonds. The number of carboxylic acid groups (broad SMARTS) is 1. The van der Waals surface area contributed by atoms with Crippen LogP contribution in [0.15, 0.2) is 29.2 Å². The van der Waals surface area contributed by atoms with Crippen molar-refractivity contribution >= 4 is 17.7 Å². The van der Waals surface area contributed by atoms with Crippen LogP contribution in [-0.2, 0) is 0 Å². The number of alkyl halides is 2. The van der Waals surface area contributed by atoms with Crippen molar-refractivity contribution in [1.82, 2.24) is 0 Å². The van der Waals surface area contributed by atoms with Crippen molar-refractivity contribution in [2.75, 3.05) is 5.75 Å². The molecule has 0 aromatic heterocycles. The minimum absolute atomic E-state index is 0.155. The van der Waals surface area contributed by atoms with E-state index in [0.29, 0.717) is 4.90 Å². The van der Waals surface area contributed by atoms with Gasteiger partial charge in [0.25, 0.3) is 5.92 Å². The monoisotopic (exact) mass is 232 g/mol. The maximum Gasteiger partial charge on any atom is 0.335 e. The normalized spacial score (nSPS) is 11.4. The van der Waals surface area contributed by atoms with Crippen LogP contribution in [0.2, 0.25) is 0 Å². The molecular weight excluding hydrogens is 222 g/mol. The number of aromatic carboxylic acids is 1. The Kier molecular flexibility index (Phi) is 3.68. The highest BCUT2D eigenvalue weighted by molar-refractivity contribution is 7.99. The first-order valence-electron chi connectivity index (χ1n) is 4.22. The minimum Gasteiger partial charge on any atom is -0.478 e. The molecule has 2 nitrogen and oxygen atoms in total. The SMILES string of the molecule is CC(F)(F)CSc1ccc(C(=O)O)cc1. The van der Waals surface area contributed by atoms with Crippen LogP contribution in [0.25, 0.3) is 0 Å². The van der Waals surface area contributed by atoms with Crippen LogP contribution in [0.1, 0.15) is 17.3 Å². The first-order valence-corrected chi connectivity index (χ1v) is 5.21. The Hall–Kier alpha value is -1.10. The summed E-state index contributed by atoms with van der Waals surface area (Å²) in [6.45, 7) is 0.853. The lowest BCUT2D eigenvalue weighted by molar-refractivity contribution is 0.0492. The Bertz CT molecular complexity index is 343. The Balaban J connectivity index is 2.61. The van der Waals surface area contributed by atoms with E-state index in [0.717, 1.165) is 18.7 Å². The molecule has 0 atom stereocenters. The molecule has 1 rings (SSSR count). The molecule has 1 aromatic carbocycles. The van der Waals surface area contributed by atoms with Gasteiger partial charge in [0.15, 0.2) is 0 Å². The van der Waals surface area contributed by atoms with E-state index in [1.807, 2.05) is 0 Å². The van der Waals surface area contributed by atoms with E-state index in [1.165, 1.54) is 24.3 Å². The zero-order valence-electron chi connectivity index (χ0n) is 8.04. The molecule has 0 aliphatic rings. The lowest BCUT2D eigenvalue weighted by Gasteiger charge is -2.09. The lowest BCUT2D eigenvalue weighted by Crippen LogP contribution is -2.12. The largest absolute Gasteiger partial charge is 0.478 e. The van der Waals surface area contributed by atoms with Gasteiger partial charge in [0.2, 0.25) is 0 Å². The third-order valence-electron chi connectivity index (χ3n) is 1.59. The molecule has 0 saturated carbocycles. The molecule has 0 saturated heterocycles. The topological polar surface area (TPSA) is 37.3 Å². The highest BCUT2D eigenvalue weighted by Gasteiger charge is 2.20. The van der Waals surface area contributed by atoms with Crippen LogP contribution in [-0.4, -0.2) is 22.8 Å². The van der Waals surface area contributed by atoms with Gasteiger partial charge in [-0.25, -0.2) is 13.6 Å². The van der Waals surface area contributed by atoms with Crippen molar-refractivity contribution in [2.45, 2.75) is 17.7 Å². The van der Waals surface area contributed by atoms with Gasteiger partial charge < -0.3 is 5.11 Å². The number of hydrogen-bond donors (Lipinski definition) is 1. The average molecular weight is 232 g/mol. The molecule has 0 heterocycles. The average Bonchev–Trinajstić information content (AvgIpc) is 2.14. The molecule has 0 aliphatic carbocycles. The summed E-state index contributed by atoms with van der Waals surface area (Å²) in [5.74, 6) is -4.04. The Morgan fingerprint density at radius 2 is 1.93 bits per heavy atom. The van der Waals surface area contributed by atoms with Gasteiger partial charge >= 0.3 is 5.97 Å². The van der Waals surface area contributed by atoms with Crippen molar-refractivity contribution in [1.29, 1.82) is 0 Å². The second kappa shape index (κ2) is 4.61. The molecular formula is C10H10F2O2S. The zero-order chi connectivity index (χ0) is 11.5. The quantitative estimate of drug-likeness (QED) is 0.810. The third-order valence-corrected chi connectivity index (χ3v) is 2.85. The predicted octanol–water partition coefficient (Wildman–Crippen LogP) is 3.13. The van der Waals surface area contributed by atoms with Gasteiger partial charge in [-0.1, -0.05) is 0 Å². The summed E-state index contributed by atoms with van der Waals surface area (Å²) >= 11 is 1.00. The van der Waals surface area contributed by atoms with E-state index < -0.39 is 11.9 Å². The molecule has 0 unspecified atom stereocenters. The number of thioether (sulfide) groups is 1. The maximum atomic E-state index is 12.5. The number of hydrogen-bond acceptors (Lipinski definition) is 2. The number of benzene rings is 1. The highest BCUT2D eigenvalue weighted by Crippen LogP contribution is 2.25. The standard InChI is InChI=1S/C10H10F2O2S/c1-10(11,12)6-15-8-4-2-7(3-5-8)9(13)14/h2-5H,6H2,1H3,(H,13,14). The van der Waals surface area contributed by atoms with E-state index in [4.69, 9.17) is 5.11 Å². The zero-order valence-corrected chi connectivity index (χ0v) is 8.85. The number of halogens is 2. The highest BCUT2D eigenvalue weighted by atomic mass is 32.2. The molecule has 0 radical (unpaired) electrons. The fraction of sp³-hybridized carbons (Fsp3) is 0.300. The third kappa shape index (κ3) is 4.29. The summed E-state index contributed by atoms with van der Waals surface area (Å²) in [5.41, 5.74) is 0.155. The fourth-order valence-corrected chi connectivity index (χ4v) is 1.65. The minimum atomic E-state index is -2.71. The molecule has 0 fully saturated rings. The molecule has 82 valence electrons. The first kappa shape index (κ1) is 12.0. The van der Waals surface area contributed by atoms with Crippen molar-refractivity contribution < 1.29 is 18.7 Å². The van der Waals surface area contributed by atoms with Crippen molar-refractivity contribution in [3.8, 4) is 0 Å². The van der Waals surface area contributed by atoms with E-state index in [1.54, 1.807) is 0 Å². The molecule has 15 heavy (non-hydrogen) atoms. The van der Waals surface area contributed by atoms with Crippen molar-refractivity contribution in [3.05, 3.63) is 29.8 Å². The van der Waals surface area contributed by atoms with Crippen LogP contribution >= 0.6 is 11.8 Å². The van der Waals surface area contributed by atoms with Gasteiger partial charge in [-0.3, -0.25) is 0 Å². The summed E-state index contributed by atoms with van der Waals surface area (Å²) in [4.78, 5) is 11.1. The van der Waals surface area contributed by atoms with E-state index in [9.17, 15) is 13.6 Å². The van der Waals surface area contributed by atoms with Gasteiger partial charge in [0.05, 0.1) is 11.3 Å². The molecule has 5 heteroatoms. The molecule has 1 aromatic rings. The van der Waals surface area contributed by atoms with Crippen LogP contribution in [0.5, 0.6) is 0 Å². The van der Waals surface area contributed by atoms with Crippen LogP contribution in [0.4, 0.5) is 8.78 Å². The second-order valence-electron chi connectivity index (χ2n) is 3.19. The fourth-order valence-electron chi connectivity index (χ4n) is 0.904. The van der Waals surface area contributed by atoms with Crippen LogP contribution in [0, 0.1) is 0 Å². The molecule has 0 bridgehead atoms. The van der Waals surface area contributed by atoms with Gasteiger partial charge in [-0.05, 0) is 24.3 Å². The Morgan fingerprint density at radius 1 is 1.40 bits per heavy atom. The summed E-state index contributed by atoms with van der Waals surface area (Å²) in [6, 6.07) is 5.86. The van der Waals surface area contributed by atoms with E-state index >= 15 is 0 Å². The smallest absolute Gasteiger partial charge is 0.335 e. The lowest BCUT2D eigenvalue weighted by atomic mass is 10.2. The number of carboxylic acids is 1. The molecule has 1 N–H and O–H groups in total. The number of carbonyl (C=O) groups is 1. The van der Waals surface area contributed by atoms with E-state index in [2.05, 4.69) is 0 Å². The molecule has 0 spiro atoms. The first-order chi connectivity index (χ1) is 6.88. The summed E-state index contributed by atoms with van der Waals surface area (Å²) in [6.07, 6.45) is 0. The Morgan fingerprint density at radius 3 is 2.33 bits per heavy atom. The predicted molar refractivity (Wildman–Crippen MR) is 54.7 cm³/mol. The van der Waals surface area contributed by atoms with Crippen molar-refractivity contribution in [2.24, 2.45) is 0 Å². The summed E-state index contributed by atoms with van der Waals surface area (Å²) in [7, 11) is 0. The van der Waals surface area contributed by atoms with Crippen molar-refractivity contribution in [3.63, 3.8) is 0 Å². The second-order valence-corrected chi connectivity index (χ2v) is 4.24. The van der Waals surface area contributed by atoms with Gasteiger partial charge in [-0.2, -0.15) is 0 Å². The molecule has 0 aliphatic heterocycles. The maximum absolute atomic E-state index is 12.5. The number of rotatable bonds is 4. The van der Waals surface area contributed by atoms with Gasteiger partial charge in [0.1, 0.15) is 0 Å². The van der Waals surface area contributed by atoms with Crippen LogP contribution in [0.3, 0.4) is 0 Å². The summed E-state index contributed by atoms with van der Waals surface area (Å²) in [5, 5.41) is 8.61. The van der Waals surface area contributed by atoms with Crippen LogP contribution < -0.4 is 0 Å².